The number of sulfonamides is 1. The summed E-state index contributed by atoms with van der Waals surface area (Å²) in [4.78, 5) is 108. The highest BCUT2D eigenvalue weighted by Crippen LogP contribution is 2.36. The molecule has 6 amide bonds. The molecule has 1 fully saturated rings. The van der Waals surface area contributed by atoms with Crippen LogP contribution in [0.25, 0.3) is 11.1 Å². The molecule has 4 aromatic rings. The van der Waals surface area contributed by atoms with E-state index in [1.807, 2.05) is 19.2 Å². The Kier molecular flexibility index (Phi) is 19.2. The number of hydrogen-bond donors (Lipinski definition) is 5. The maximum Gasteiger partial charge on any atom is 0.295 e. The Hall–Kier alpha value is -5.77. The number of nitrogens with two attached hydrogens (primary N) is 1. The number of halogens is 1. The van der Waals surface area contributed by atoms with Gasteiger partial charge in [0.15, 0.2) is 5.58 Å². The molecule has 1 aliphatic rings. The van der Waals surface area contributed by atoms with E-state index in [1.54, 1.807) is 45.0 Å². The molecule has 0 saturated heterocycles. The number of aromatic nitrogens is 3. The number of carbonyl (C=O) groups is 7. The third-order valence-electron chi connectivity index (χ3n) is 11.6. The number of oxazole rings is 1. The molecule has 68 heavy (non-hydrogen) atoms. The van der Waals surface area contributed by atoms with Crippen molar-refractivity contribution in [1.82, 2.24) is 40.5 Å². The maximum atomic E-state index is 15.0. The summed E-state index contributed by atoms with van der Waals surface area (Å²) in [5.41, 5.74) is 6.80. The number of amides is 6. The van der Waals surface area contributed by atoms with E-state index in [2.05, 4.69) is 30.9 Å². The van der Waals surface area contributed by atoms with Crippen molar-refractivity contribution in [3.63, 3.8) is 0 Å². The van der Waals surface area contributed by atoms with Crippen LogP contribution in [0.1, 0.15) is 103 Å². The second-order valence-electron chi connectivity index (χ2n) is 17.2. The molecule has 22 heteroatoms. The number of carbonyl (C=O) groups excluding carboxylic acids is 7. The summed E-state index contributed by atoms with van der Waals surface area (Å²) in [7, 11) is -5.05. The second-order valence-corrected chi connectivity index (χ2v) is 20.4. The lowest BCUT2D eigenvalue weighted by Crippen LogP contribution is -2.60. The summed E-state index contributed by atoms with van der Waals surface area (Å²) in [5.74, 6) is -8.06. The molecule has 0 radical (unpaired) electrons. The van der Waals surface area contributed by atoms with E-state index in [0.29, 0.717) is 35.3 Å². The van der Waals surface area contributed by atoms with Crippen LogP contribution in [0, 0.1) is 17.8 Å². The normalized spacial score (nSPS) is 15.4. The van der Waals surface area contributed by atoms with Crippen molar-refractivity contribution in [1.29, 1.82) is 0 Å². The van der Waals surface area contributed by atoms with Gasteiger partial charge in [-0.15, -0.1) is 0 Å². The van der Waals surface area contributed by atoms with E-state index in [4.69, 9.17) is 21.8 Å². The number of benzene rings is 2. The Balaban J connectivity index is 1.49. The lowest BCUT2D eigenvalue weighted by Gasteiger charge is -2.32. The van der Waals surface area contributed by atoms with Gasteiger partial charge in [-0.25, -0.2) is 22.7 Å². The lowest BCUT2D eigenvalue weighted by molar-refractivity contribution is -0.142. The van der Waals surface area contributed by atoms with Crippen molar-refractivity contribution < 1.29 is 46.4 Å². The predicted octanol–water partition coefficient (Wildman–Crippen LogP) is 4.72. The average molecular weight is 997 g/mol. The Labute approximate surface area is 404 Å². The van der Waals surface area contributed by atoms with E-state index in [1.165, 1.54) is 30.7 Å². The van der Waals surface area contributed by atoms with Gasteiger partial charge in [0.2, 0.25) is 23.5 Å². The molecule has 0 unspecified atom stereocenters. The van der Waals surface area contributed by atoms with Crippen LogP contribution in [0.3, 0.4) is 0 Å². The van der Waals surface area contributed by atoms with Crippen LogP contribution in [0.5, 0.6) is 0 Å². The van der Waals surface area contributed by atoms with Crippen LogP contribution in [-0.4, -0.2) is 99.6 Å². The SMILES string of the molecule is CC[C@H](N)C(=O)C(=O)NC(=O)CN(C(=O)[C@H](CC1CCCCC1)NC(=O)[C@@H](NC(=O)[C@H](CC(C)C)NC(=O)c1cnccn1)[C@@H](C)CC)S(=O)(=O)c1ccc(Sc2nc3ccccc3o2)c(Cl)c1. The molecule has 1 aliphatic carbocycles. The Morgan fingerprint density at radius 3 is 2.26 bits per heavy atom. The van der Waals surface area contributed by atoms with Gasteiger partial charge in [-0.2, -0.15) is 0 Å². The predicted molar refractivity (Wildman–Crippen MR) is 252 cm³/mol. The maximum absolute atomic E-state index is 15.0. The fourth-order valence-electron chi connectivity index (χ4n) is 7.55. The fourth-order valence-corrected chi connectivity index (χ4v) is 10.1. The monoisotopic (exact) mass is 995 g/mol. The summed E-state index contributed by atoms with van der Waals surface area (Å²) < 4.78 is 35.5. The molecule has 0 bridgehead atoms. The minimum absolute atomic E-state index is 0.0277. The number of Topliss-reactive ketones (excluding diaryl/α,β-unsaturated/α-hetero) is 1. The first-order chi connectivity index (χ1) is 32.3. The van der Waals surface area contributed by atoms with Crippen LogP contribution in [-0.2, 0) is 38.8 Å². The number of nitrogens with zero attached hydrogens (tertiary/aromatic N) is 4. The van der Waals surface area contributed by atoms with Gasteiger partial charge in [-0.05, 0) is 79.1 Å². The van der Waals surface area contributed by atoms with Crippen molar-refractivity contribution in [3.05, 3.63) is 71.8 Å². The molecule has 2 aromatic heterocycles. The zero-order valence-electron chi connectivity index (χ0n) is 38.5. The number of fused-ring (bicyclic) bond motifs is 1. The van der Waals surface area contributed by atoms with Crippen LogP contribution < -0.4 is 27.0 Å². The molecule has 5 atom stereocenters. The van der Waals surface area contributed by atoms with E-state index in [-0.39, 0.29) is 51.3 Å². The van der Waals surface area contributed by atoms with Gasteiger partial charge in [0.25, 0.3) is 33.0 Å². The molecular weight excluding hydrogens is 938 g/mol. The van der Waals surface area contributed by atoms with E-state index >= 15 is 4.79 Å². The molecule has 6 N–H and O–H groups in total. The third kappa shape index (κ3) is 14.1. The van der Waals surface area contributed by atoms with Crippen molar-refractivity contribution in [3.8, 4) is 0 Å². The van der Waals surface area contributed by atoms with Crippen molar-refractivity contribution in [2.24, 2.45) is 23.5 Å². The number of nitrogens with one attached hydrogen (secondary N) is 4. The van der Waals surface area contributed by atoms with Crippen molar-refractivity contribution in [2.75, 3.05) is 6.54 Å². The van der Waals surface area contributed by atoms with Crippen LogP contribution in [0.2, 0.25) is 5.02 Å². The highest BCUT2D eigenvalue weighted by molar-refractivity contribution is 7.99. The summed E-state index contributed by atoms with van der Waals surface area (Å²) in [6, 6.07) is 5.42. The van der Waals surface area contributed by atoms with Gasteiger partial charge in [0.1, 0.15) is 35.9 Å². The van der Waals surface area contributed by atoms with Crippen molar-refractivity contribution >= 4 is 85.7 Å². The number of hydrogen-bond acceptors (Lipinski definition) is 15. The summed E-state index contributed by atoms with van der Waals surface area (Å²) in [5, 5.41) is 10.1. The largest absolute Gasteiger partial charge is 0.431 e. The molecule has 366 valence electrons. The zero-order chi connectivity index (χ0) is 49.7. The summed E-state index contributed by atoms with van der Waals surface area (Å²) in [6.07, 6.45) is 8.42. The number of ketones is 1. The van der Waals surface area contributed by atoms with Gasteiger partial charge in [-0.3, -0.25) is 43.9 Å². The molecule has 2 aromatic carbocycles. The molecular formula is C46H58ClN9O10S2. The number of imide groups is 1. The Bertz CT molecular complexity index is 2540. The first-order valence-electron chi connectivity index (χ1n) is 22.5. The first kappa shape index (κ1) is 53.2. The molecule has 19 nitrogen and oxygen atoms in total. The van der Waals surface area contributed by atoms with Gasteiger partial charge < -0.3 is 26.1 Å². The van der Waals surface area contributed by atoms with Crippen LogP contribution in [0.15, 0.2) is 80.5 Å². The Morgan fingerprint density at radius 1 is 0.912 bits per heavy atom. The minimum atomic E-state index is -5.05. The quantitative estimate of drug-likeness (QED) is 0.0666. The topological polar surface area (TPSA) is 283 Å². The summed E-state index contributed by atoms with van der Waals surface area (Å²) >= 11 is 7.67. The van der Waals surface area contributed by atoms with Gasteiger partial charge in [-0.1, -0.05) is 96.9 Å². The average Bonchev–Trinajstić information content (AvgIpc) is 3.74. The standard InChI is InChI=1S/C46H58ClN9O10S2/c1-6-27(5)39(55-41(59)33(21-26(3)4)51-42(60)35-24-49-19-20-50-35)43(61)52-34(22-28-13-9-8-10-14-28)45(63)56(25-38(57)54-44(62)40(58)31(48)7-2)68(64,65)29-17-18-37(30(47)23-29)67-46-53-32-15-11-12-16-36(32)66-46/h11-12,15-20,23-24,26-28,31,33-34,39H,6-10,13-14,21-22,25,48H2,1-5H3,(H,51,60)(H,52,61)(H,55,59)(H,54,57,62)/t27-,31-,33-,34-,39-/m0/s1. The molecule has 2 heterocycles. The van der Waals surface area contributed by atoms with Crippen molar-refractivity contribution in [2.45, 2.75) is 132 Å². The minimum Gasteiger partial charge on any atom is -0.431 e. The second kappa shape index (κ2) is 24.5. The van der Waals surface area contributed by atoms with Gasteiger partial charge in [0, 0.05) is 17.3 Å². The van der Waals surface area contributed by atoms with Crippen LogP contribution >= 0.6 is 23.4 Å². The molecule has 0 spiro atoms. The Morgan fingerprint density at radius 2 is 1.63 bits per heavy atom. The lowest BCUT2D eigenvalue weighted by atomic mass is 9.84. The highest BCUT2D eigenvalue weighted by atomic mass is 35.5. The van der Waals surface area contributed by atoms with E-state index in [9.17, 15) is 37.2 Å². The number of para-hydroxylation sites is 2. The molecule has 5 rings (SSSR count). The summed E-state index contributed by atoms with van der Waals surface area (Å²) in [6.45, 7) is 7.46. The molecule has 1 saturated carbocycles. The van der Waals surface area contributed by atoms with Gasteiger partial charge >= 0.3 is 0 Å². The number of rotatable bonds is 22. The zero-order valence-corrected chi connectivity index (χ0v) is 40.9. The van der Waals surface area contributed by atoms with Gasteiger partial charge in [0.05, 0.1) is 22.2 Å². The first-order valence-corrected chi connectivity index (χ1v) is 25.2. The smallest absolute Gasteiger partial charge is 0.295 e. The highest BCUT2D eigenvalue weighted by Gasteiger charge is 2.40. The third-order valence-corrected chi connectivity index (χ3v) is 14.7. The van der Waals surface area contributed by atoms with E-state index in [0.717, 1.165) is 37.1 Å². The fraction of sp³-hybridized carbons (Fsp3) is 0.478. The molecule has 0 aliphatic heterocycles. The van der Waals surface area contributed by atoms with Crippen LogP contribution in [0.4, 0.5) is 0 Å². The van der Waals surface area contributed by atoms with E-state index < -0.39 is 92.8 Å².